The molecule has 0 unspecified atom stereocenters. The molecule has 0 aliphatic carbocycles. The third-order valence-corrected chi connectivity index (χ3v) is 4.76. The number of nitrogens with zero attached hydrogens (tertiary/aromatic N) is 2. The normalized spacial score (nSPS) is 9.90. The molecule has 0 bridgehead atoms. The number of thioether (sulfide) groups is 2. The second kappa shape index (κ2) is 8.43. The predicted octanol–water partition coefficient (Wildman–Crippen LogP) is -0.888. The monoisotopic (exact) mass is 350 g/mol. The highest BCUT2D eigenvalue weighted by Crippen LogP contribution is 2.28. The second-order valence-electron chi connectivity index (χ2n) is 3.24. The van der Waals surface area contributed by atoms with E-state index in [4.69, 9.17) is 11.5 Å². The molecular formula is C8H10N6O4S3. The summed E-state index contributed by atoms with van der Waals surface area (Å²) in [5.74, 6) is -1.16. The lowest BCUT2D eigenvalue weighted by Crippen LogP contribution is -2.36. The van der Waals surface area contributed by atoms with E-state index in [-0.39, 0.29) is 11.5 Å². The summed E-state index contributed by atoms with van der Waals surface area (Å²) in [6, 6.07) is -1.84. The van der Waals surface area contributed by atoms with Gasteiger partial charge >= 0.3 is 12.1 Å². The van der Waals surface area contributed by atoms with Gasteiger partial charge in [-0.2, -0.15) is 0 Å². The molecule has 6 N–H and O–H groups in total. The molecule has 10 nitrogen and oxygen atoms in total. The Kier molecular flexibility index (Phi) is 6.90. The van der Waals surface area contributed by atoms with Crippen LogP contribution in [0.5, 0.6) is 0 Å². The molecular weight excluding hydrogens is 340 g/mol. The molecule has 0 radical (unpaired) electrons. The first-order chi connectivity index (χ1) is 9.86. The zero-order valence-corrected chi connectivity index (χ0v) is 12.8. The van der Waals surface area contributed by atoms with Crippen LogP contribution >= 0.6 is 34.9 Å². The van der Waals surface area contributed by atoms with Crippen LogP contribution in [0.1, 0.15) is 0 Å². The Morgan fingerprint density at radius 3 is 1.62 bits per heavy atom. The molecule has 13 heteroatoms. The van der Waals surface area contributed by atoms with Crippen molar-refractivity contribution in [1.82, 2.24) is 20.8 Å². The van der Waals surface area contributed by atoms with Gasteiger partial charge in [0.1, 0.15) is 0 Å². The van der Waals surface area contributed by atoms with Gasteiger partial charge in [0.25, 0.3) is 0 Å². The Balaban J connectivity index is 2.36. The van der Waals surface area contributed by atoms with Gasteiger partial charge in [-0.05, 0) is 0 Å². The summed E-state index contributed by atoms with van der Waals surface area (Å²) in [7, 11) is 0. The van der Waals surface area contributed by atoms with Gasteiger partial charge in [-0.25, -0.2) is 9.59 Å². The summed E-state index contributed by atoms with van der Waals surface area (Å²) in [5, 5.41) is 11.4. The number of urea groups is 2. The summed E-state index contributed by atoms with van der Waals surface area (Å²) >= 11 is 3.31. The van der Waals surface area contributed by atoms with Crippen LogP contribution in [0.4, 0.5) is 9.59 Å². The molecule has 1 aromatic rings. The number of amides is 6. The van der Waals surface area contributed by atoms with Crippen molar-refractivity contribution in [3.8, 4) is 0 Å². The molecule has 0 saturated carbocycles. The zero-order chi connectivity index (χ0) is 15.8. The summed E-state index contributed by atoms with van der Waals surface area (Å²) in [6.45, 7) is 0. The van der Waals surface area contributed by atoms with Crippen molar-refractivity contribution >= 4 is 58.7 Å². The molecule has 0 aliphatic rings. The third-order valence-electron chi connectivity index (χ3n) is 1.57. The Hall–Kier alpha value is -1.86. The number of rotatable bonds is 6. The molecule has 0 spiro atoms. The van der Waals surface area contributed by atoms with E-state index >= 15 is 0 Å². The van der Waals surface area contributed by atoms with Gasteiger partial charge in [0.15, 0.2) is 8.68 Å². The van der Waals surface area contributed by atoms with E-state index in [2.05, 4.69) is 10.2 Å². The van der Waals surface area contributed by atoms with Crippen molar-refractivity contribution in [3.05, 3.63) is 0 Å². The van der Waals surface area contributed by atoms with Crippen molar-refractivity contribution < 1.29 is 19.2 Å². The first kappa shape index (κ1) is 17.2. The lowest BCUT2D eigenvalue weighted by molar-refractivity contribution is -0.118. The average Bonchev–Trinajstić information content (AvgIpc) is 2.80. The zero-order valence-electron chi connectivity index (χ0n) is 10.3. The Bertz CT molecular complexity index is 515. The van der Waals surface area contributed by atoms with Crippen molar-refractivity contribution in [3.63, 3.8) is 0 Å². The number of hydrogen-bond acceptors (Lipinski definition) is 9. The van der Waals surface area contributed by atoms with Gasteiger partial charge in [-0.3, -0.25) is 20.2 Å². The van der Waals surface area contributed by atoms with Gasteiger partial charge in [-0.1, -0.05) is 34.9 Å². The van der Waals surface area contributed by atoms with E-state index < -0.39 is 23.9 Å². The highest BCUT2D eigenvalue weighted by molar-refractivity contribution is 8.03. The van der Waals surface area contributed by atoms with E-state index in [1.807, 2.05) is 10.6 Å². The van der Waals surface area contributed by atoms with Crippen LogP contribution in [0.15, 0.2) is 8.68 Å². The maximum absolute atomic E-state index is 11.2. The molecule has 0 aliphatic heterocycles. The van der Waals surface area contributed by atoms with Gasteiger partial charge in [0, 0.05) is 0 Å². The smallest absolute Gasteiger partial charge is 0.318 e. The maximum Gasteiger partial charge on any atom is 0.318 e. The molecule has 1 rings (SSSR count). The van der Waals surface area contributed by atoms with E-state index in [9.17, 15) is 19.2 Å². The largest absolute Gasteiger partial charge is 0.351 e. The minimum atomic E-state index is -0.922. The van der Waals surface area contributed by atoms with Gasteiger partial charge in [0.05, 0.1) is 11.5 Å². The van der Waals surface area contributed by atoms with Crippen LogP contribution in [0.25, 0.3) is 0 Å². The summed E-state index contributed by atoms with van der Waals surface area (Å²) in [5.41, 5.74) is 9.58. The van der Waals surface area contributed by atoms with Crippen LogP contribution < -0.4 is 22.1 Å². The average molecular weight is 350 g/mol. The number of hydrogen-bond donors (Lipinski definition) is 4. The minimum absolute atomic E-state index is 0.0373. The van der Waals surface area contributed by atoms with E-state index in [1.54, 1.807) is 0 Å². The standard InChI is InChI=1S/C8H10N6O4S3/c9-5(17)11-3(15)1-19-7-13-14-8(21-7)20-2-4(16)12-6(10)18/h1-2H2,(H3,9,11,15,17)(H3,10,12,16,18). The Morgan fingerprint density at radius 1 is 0.905 bits per heavy atom. The molecule has 0 atom stereocenters. The molecule has 1 aromatic heterocycles. The van der Waals surface area contributed by atoms with Gasteiger partial charge < -0.3 is 11.5 Å². The van der Waals surface area contributed by atoms with Crippen molar-refractivity contribution in [2.45, 2.75) is 8.68 Å². The minimum Gasteiger partial charge on any atom is -0.351 e. The fourth-order valence-corrected chi connectivity index (χ4v) is 3.54. The summed E-state index contributed by atoms with van der Waals surface area (Å²) in [6.07, 6.45) is 0. The van der Waals surface area contributed by atoms with Crippen LogP contribution in [-0.4, -0.2) is 45.6 Å². The van der Waals surface area contributed by atoms with Crippen LogP contribution in [0.3, 0.4) is 0 Å². The third kappa shape index (κ3) is 7.48. The highest BCUT2D eigenvalue weighted by Gasteiger charge is 2.11. The second-order valence-corrected chi connectivity index (χ2v) is 6.66. The first-order valence-electron chi connectivity index (χ1n) is 5.14. The Morgan fingerprint density at radius 2 is 1.29 bits per heavy atom. The number of nitrogens with one attached hydrogen (secondary N) is 2. The first-order valence-corrected chi connectivity index (χ1v) is 7.93. The predicted molar refractivity (Wildman–Crippen MR) is 76.8 cm³/mol. The van der Waals surface area contributed by atoms with Crippen LogP contribution in [-0.2, 0) is 9.59 Å². The SMILES string of the molecule is NC(=O)NC(=O)CSc1nnc(SCC(=O)NC(N)=O)s1. The molecule has 0 saturated heterocycles. The van der Waals surface area contributed by atoms with Gasteiger partial charge in [-0.15, -0.1) is 10.2 Å². The summed E-state index contributed by atoms with van der Waals surface area (Å²) < 4.78 is 0.986. The van der Waals surface area contributed by atoms with Crippen molar-refractivity contribution in [2.75, 3.05) is 11.5 Å². The quantitative estimate of drug-likeness (QED) is 0.479. The molecule has 114 valence electrons. The number of primary amides is 2. The van der Waals surface area contributed by atoms with Crippen LogP contribution in [0, 0.1) is 0 Å². The number of carbonyl (C=O) groups excluding carboxylic acids is 4. The maximum atomic E-state index is 11.2. The number of imide groups is 2. The molecule has 0 aromatic carbocycles. The Labute approximate surface area is 130 Å². The summed E-state index contributed by atoms with van der Waals surface area (Å²) in [4.78, 5) is 43.2. The number of aromatic nitrogens is 2. The fourth-order valence-electron chi connectivity index (χ4n) is 0.915. The van der Waals surface area contributed by atoms with E-state index in [0.29, 0.717) is 8.68 Å². The van der Waals surface area contributed by atoms with Crippen molar-refractivity contribution in [2.24, 2.45) is 11.5 Å². The van der Waals surface area contributed by atoms with E-state index in [0.717, 1.165) is 23.5 Å². The van der Waals surface area contributed by atoms with Gasteiger partial charge in [0.2, 0.25) is 11.8 Å². The van der Waals surface area contributed by atoms with E-state index in [1.165, 1.54) is 11.3 Å². The van der Waals surface area contributed by atoms with Crippen molar-refractivity contribution in [1.29, 1.82) is 0 Å². The highest BCUT2D eigenvalue weighted by atomic mass is 32.2. The number of nitrogens with two attached hydrogens (primary N) is 2. The molecule has 6 amide bonds. The molecule has 0 fully saturated rings. The fraction of sp³-hybridized carbons (Fsp3) is 0.250. The molecule has 21 heavy (non-hydrogen) atoms. The van der Waals surface area contributed by atoms with Crippen LogP contribution in [0.2, 0.25) is 0 Å². The lowest BCUT2D eigenvalue weighted by Gasteiger charge is -1.98. The molecule has 1 heterocycles. The lowest BCUT2D eigenvalue weighted by atomic mass is 10.7. The number of carbonyl (C=O) groups is 4. The topological polar surface area (TPSA) is 170 Å².